The van der Waals surface area contributed by atoms with Gasteiger partial charge in [0.15, 0.2) is 11.4 Å². The quantitative estimate of drug-likeness (QED) is 0.452. The Balaban J connectivity index is 2.44. The first-order valence-corrected chi connectivity index (χ1v) is 5.55. The molecule has 0 spiro atoms. The first kappa shape index (κ1) is 11.8. The summed E-state index contributed by atoms with van der Waals surface area (Å²) in [7, 11) is 1.54. The van der Waals surface area contributed by atoms with Crippen molar-refractivity contribution in [2.45, 2.75) is 31.4 Å². The zero-order valence-electron chi connectivity index (χ0n) is 9.60. The van der Waals surface area contributed by atoms with Crippen LogP contribution >= 0.6 is 0 Å². The maximum absolute atomic E-state index is 14.9. The number of nitrogens with zero attached hydrogens (tertiary/aromatic N) is 3. The van der Waals surface area contributed by atoms with Crippen molar-refractivity contribution in [1.29, 1.82) is 0 Å². The number of aromatic nitrogens is 2. The second-order valence-electron chi connectivity index (χ2n) is 4.27. The fraction of sp³-hybridized carbons (Fsp3) is 0.545. The monoisotopic (exact) mass is 239 g/mol. The standard InChI is InChI=1S/C11H14FN3O2/c1-14-10(9(8-13-14)15(16)17)11(12)6-4-2-3-5-7-11/h2-3,8H,4-7H2,1H3. The normalized spacial score (nSPS) is 18.9. The number of alkyl halides is 1. The number of allylic oxidation sites excluding steroid dienone is 2. The lowest BCUT2D eigenvalue weighted by atomic mass is 9.91. The molecule has 5 nitrogen and oxygen atoms in total. The van der Waals surface area contributed by atoms with Gasteiger partial charge in [0.25, 0.3) is 0 Å². The molecule has 0 fully saturated rings. The van der Waals surface area contributed by atoms with Gasteiger partial charge < -0.3 is 0 Å². The van der Waals surface area contributed by atoms with Crippen molar-refractivity contribution in [3.8, 4) is 0 Å². The SMILES string of the molecule is Cn1ncc([N+](=O)[O-])c1C1(F)CCC=CCC1. The third-order valence-electron chi connectivity index (χ3n) is 3.12. The summed E-state index contributed by atoms with van der Waals surface area (Å²) in [4.78, 5) is 10.3. The highest BCUT2D eigenvalue weighted by Gasteiger charge is 2.40. The van der Waals surface area contributed by atoms with Crippen molar-refractivity contribution >= 4 is 5.69 Å². The highest BCUT2D eigenvalue weighted by molar-refractivity contribution is 5.38. The summed E-state index contributed by atoms with van der Waals surface area (Å²) in [6.45, 7) is 0. The van der Waals surface area contributed by atoms with Gasteiger partial charge in [-0.3, -0.25) is 14.8 Å². The van der Waals surface area contributed by atoms with E-state index in [4.69, 9.17) is 0 Å². The maximum atomic E-state index is 14.9. The molecule has 0 aromatic carbocycles. The van der Waals surface area contributed by atoms with Gasteiger partial charge in [0.2, 0.25) is 0 Å². The van der Waals surface area contributed by atoms with Gasteiger partial charge in [-0.1, -0.05) is 12.2 Å². The van der Waals surface area contributed by atoms with E-state index >= 15 is 0 Å². The zero-order valence-corrected chi connectivity index (χ0v) is 9.60. The van der Waals surface area contributed by atoms with Crippen LogP contribution in [-0.2, 0) is 12.7 Å². The Morgan fingerprint density at radius 2 is 2.06 bits per heavy atom. The fourth-order valence-corrected chi connectivity index (χ4v) is 2.30. The van der Waals surface area contributed by atoms with Gasteiger partial charge >= 0.3 is 5.69 Å². The Bertz CT molecular complexity index is 457. The Morgan fingerprint density at radius 3 is 2.59 bits per heavy atom. The Morgan fingerprint density at radius 1 is 1.47 bits per heavy atom. The number of rotatable bonds is 2. The van der Waals surface area contributed by atoms with Crippen LogP contribution in [0, 0.1) is 10.1 Å². The van der Waals surface area contributed by atoms with E-state index in [2.05, 4.69) is 5.10 Å². The maximum Gasteiger partial charge on any atom is 0.313 e. The van der Waals surface area contributed by atoms with Gasteiger partial charge in [0, 0.05) is 7.05 Å². The average molecular weight is 239 g/mol. The summed E-state index contributed by atoms with van der Waals surface area (Å²) < 4.78 is 16.2. The zero-order chi connectivity index (χ0) is 12.5. The van der Waals surface area contributed by atoms with Crippen molar-refractivity contribution in [1.82, 2.24) is 9.78 Å². The molecule has 6 heteroatoms. The summed E-state index contributed by atoms with van der Waals surface area (Å²) in [5, 5.41) is 14.7. The first-order valence-electron chi connectivity index (χ1n) is 5.55. The van der Waals surface area contributed by atoms with Gasteiger partial charge in [-0.15, -0.1) is 0 Å². The molecule has 0 saturated heterocycles. The minimum absolute atomic E-state index is 0.0891. The van der Waals surface area contributed by atoms with E-state index in [1.54, 1.807) is 7.05 Å². The summed E-state index contributed by atoms with van der Waals surface area (Å²) in [6.07, 6.45) is 6.69. The van der Waals surface area contributed by atoms with Gasteiger partial charge in [-0.2, -0.15) is 5.10 Å². The largest absolute Gasteiger partial charge is 0.313 e. The molecule has 0 atom stereocenters. The molecule has 1 aromatic rings. The molecule has 0 saturated carbocycles. The number of aryl methyl sites for hydroxylation is 1. The topological polar surface area (TPSA) is 61.0 Å². The lowest BCUT2D eigenvalue weighted by molar-refractivity contribution is -0.386. The highest BCUT2D eigenvalue weighted by Crippen LogP contribution is 2.41. The summed E-state index contributed by atoms with van der Waals surface area (Å²) >= 11 is 0. The van der Waals surface area contributed by atoms with Crippen LogP contribution in [0.15, 0.2) is 18.3 Å². The third-order valence-corrected chi connectivity index (χ3v) is 3.12. The molecule has 0 radical (unpaired) electrons. The van der Waals surface area contributed by atoms with Crippen molar-refractivity contribution in [2.75, 3.05) is 0 Å². The van der Waals surface area contributed by atoms with Gasteiger partial charge in [0.1, 0.15) is 6.20 Å². The predicted octanol–water partition coefficient (Wildman–Crippen LogP) is 2.62. The van der Waals surface area contributed by atoms with E-state index in [1.807, 2.05) is 12.2 Å². The van der Waals surface area contributed by atoms with Crippen LogP contribution in [0.5, 0.6) is 0 Å². The Kier molecular flexibility index (Phi) is 2.95. The van der Waals surface area contributed by atoms with Crippen LogP contribution < -0.4 is 0 Å². The fourth-order valence-electron chi connectivity index (χ4n) is 2.30. The summed E-state index contributed by atoms with van der Waals surface area (Å²) in [5.74, 6) is 0. The lowest BCUT2D eigenvalue weighted by Crippen LogP contribution is -2.24. The van der Waals surface area contributed by atoms with Crippen LogP contribution in [0.25, 0.3) is 0 Å². The molecular formula is C11H14FN3O2. The van der Waals surface area contributed by atoms with E-state index < -0.39 is 10.6 Å². The number of halogens is 1. The molecule has 0 bridgehead atoms. The number of hydrogen-bond acceptors (Lipinski definition) is 3. The lowest BCUT2D eigenvalue weighted by Gasteiger charge is -2.22. The molecule has 92 valence electrons. The molecule has 0 aliphatic heterocycles. The molecule has 17 heavy (non-hydrogen) atoms. The van der Waals surface area contributed by atoms with Gasteiger partial charge in [-0.05, 0) is 25.7 Å². The van der Waals surface area contributed by atoms with E-state index in [0.29, 0.717) is 12.8 Å². The number of hydrogen-bond donors (Lipinski definition) is 0. The van der Waals surface area contributed by atoms with Crippen molar-refractivity contribution in [3.05, 3.63) is 34.2 Å². The molecule has 0 amide bonds. The molecule has 1 heterocycles. The van der Waals surface area contributed by atoms with E-state index in [9.17, 15) is 14.5 Å². The van der Waals surface area contributed by atoms with Gasteiger partial charge in [-0.25, -0.2) is 4.39 Å². The summed E-state index contributed by atoms with van der Waals surface area (Å²) in [6, 6.07) is 0. The summed E-state index contributed by atoms with van der Waals surface area (Å²) in [5.41, 5.74) is -1.79. The Labute approximate surface area is 98.1 Å². The minimum Gasteiger partial charge on any atom is -0.262 e. The van der Waals surface area contributed by atoms with Gasteiger partial charge in [0.05, 0.1) is 4.92 Å². The minimum atomic E-state index is -1.66. The Hall–Kier alpha value is -1.72. The molecular weight excluding hydrogens is 225 g/mol. The molecule has 0 unspecified atom stereocenters. The van der Waals surface area contributed by atoms with Crippen LogP contribution in [0.4, 0.5) is 10.1 Å². The highest BCUT2D eigenvalue weighted by atomic mass is 19.1. The molecule has 1 aliphatic carbocycles. The second-order valence-corrected chi connectivity index (χ2v) is 4.27. The van der Waals surface area contributed by atoms with Crippen LogP contribution in [-0.4, -0.2) is 14.7 Å². The second kappa shape index (κ2) is 4.27. The van der Waals surface area contributed by atoms with Crippen LogP contribution in [0.1, 0.15) is 31.4 Å². The average Bonchev–Trinajstić information content (AvgIpc) is 2.53. The van der Waals surface area contributed by atoms with Crippen molar-refractivity contribution < 1.29 is 9.31 Å². The van der Waals surface area contributed by atoms with E-state index in [1.165, 1.54) is 4.68 Å². The van der Waals surface area contributed by atoms with Crippen LogP contribution in [0.2, 0.25) is 0 Å². The van der Waals surface area contributed by atoms with Crippen molar-refractivity contribution in [3.63, 3.8) is 0 Å². The van der Waals surface area contributed by atoms with Crippen molar-refractivity contribution in [2.24, 2.45) is 7.05 Å². The first-order chi connectivity index (χ1) is 8.04. The molecule has 2 rings (SSSR count). The van der Waals surface area contributed by atoms with Crippen LogP contribution in [0.3, 0.4) is 0 Å². The van der Waals surface area contributed by atoms with E-state index in [0.717, 1.165) is 6.20 Å². The smallest absolute Gasteiger partial charge is 0.262 e. The molecule has 0 N–H and O–H groups in total. The molecule has 1 aliphatic rings. The third kappa shape index (κ3) is 2.07. The van der Waals surface area contributed by atoms with E-state index in [-0.39, 0.29) is 24.2 Å². The predicted molar refractivity (Wildman–Crippen MR) is 60.3 cm³/mol. The molecule has 1 aromatic heterocycles. The number of nitro groups is 1.